The summed E-state index contributed by atoms with van der Waals surface area (Å²) >= 11 is 0. The maximum Gasteiger partial charge on any atom is 0.162 e. The summed E-state index contributed by atoms with van der Waals surface area (Å²) in [6, 6.07) is 1.74. The normalized spacial score (nSPS) is 21.7. The first-order valence-corrected chi connectivity index (χ1v) is 14.9. The van der Waals surface area contributed by atoms with Crippen LogP contribution < -0.4 is 4.65 Å². The molecule has 0 radical (unpaired) electrons. The molecule has 0 aliphatic heterocycles. The van der Waals surface area contributed by atoms with Gasteiger partial charge in [0.05, 0.1) is 31.2 Å². The van der Waals surface area contributed by atoms with E-state index in [1.165, 1.54) is 63.3 Å². The largest absolute Gasteiger partial charge is 0.375 e. The Morgan fingerprint density at radius 1 is 1.24 bits per heavy atom. The van der Waals surface area contributed by atoms with Crippen molar-refractivity contribution >= 4 is 49.0 Å². The summed E-state index contributed by atoms with van der Waals surface area (Å²) in [6.45, 7) is 4.84. The molecule has 0 saturated heterocycles. The Bertz CT molecular complexity index is 211. The maximum absolute atomic E-state index is 3.82. The lowest BCUT2D eigenvalue weighted by molar-refractivity contribution is 0.225. The first kappa shape index (κ1) is 16.0. The van der Waals surface area contributed by atoms with Gasteiger partial charge in [0, 0.05) is 6.04 Å². The molecule has 1 aliphatic rings. The third-order valence-corrected chi connectivity index (χ3v) is 26.3. The lowest BCUT2D eigenvalue weighted by Gasteiger charge is -2.40. The SMILES string of the molecule is CC(C)N([SiH2][SiH](N[SiH3])N([SiH3])[SiH3])C1CCCCC1. The van der Waals surface area contributed by atoms with Gasteiger partial charge in [-0.2, -0.15) is 0 Å². The highest BCUT2D eigenvalue weighted by Crippen LogP contribution is 2.23. The smallest absolute Gasteiger partial charge is 0.162 e. The van der Waals surface area contributed by atoms with Gasteiger partial charge in [-0.05, 0) is 18.9 Å². The molecule has 0 aromatic heterocycles. The van der Waals surface area contributed by atoms with E-state index in [1.807, 2.05) is 0 Å². The zero-order valence-corrected chi connectivity index (χ0v) is 20.9. The second kappa shape index (κ2) is 8.20. The summed E-state index contributed by atoms with van der Waals surface area (Å²) in [7, 11) is 3.16. The van der Waals surface area contributed by atoms with Crippen LogP contribution in [-0.2, 0) is 0 Å². The second-order valence-electron chi connectivity index (χ2n) is 5.85. The second-order valence-corrected chi connectivity index (χ2v) is 21.4. The average molecular weight is 322 g/mol. The monoisotopic (exact) mass is 321 g/mol. The topological polar surface area (TPSA) is 18.5 Å². The van der Waals surface area contributed by atoms with Gasteiger partial charge >= 0.3 is 0 Å². The summed E-state index contributed by atoms with van der Waals surface area (Å²) in [5, 5.41) is 0. The van der Waals surface area contributed by atoms with Gasteiger partial charge in [-0.1, -0.05) is 33.1 Å². The van der Waals surface area contributed by atoms with Gasteiger partial charge in [0.2, 0.25) is 0 Å². The summed E-state index contributed by atoms with van der Waals surface area (Å²) in [5.41, 5.74) is 0. The van der Waals surface area contributed by atoms with Crippen LogP contribution >= 0.6 is 0 Å². The molecule has 1 saturated carbocycles. The Morgan fingerprint density at radius 2 is 1.82 bits per heavy atom. The minimum absolute atomic E-state index is 0.00934. The number of nitrogens with one attached hydrogen (secondary N) is 1. The number of nitrogens with zero attached hydrogens (tertiary/aromatic N) is 2. The van der Waals surface area contributed by atoms with Crippen molar-refractivity contribution in [1.29, 1.82) is 0 Å². The minimum atomic E-state index is -0.638. The molecule has 1 unspecified atom stereocenters. The van der Waals surface area contributed by atoms with Gasteiger partial charge in [0.1, 0.15) is 9.20 Å². The molecule has 1 fully saturated rings. The fourth-order valence-corrected chi connectivity index (χ4v) is 21.1. The van der Waals surface area contributed by atoms with Crippen molar-refractivity contribution in [2.45, 2.75) is 58.0 Å². The van der Waals surface area contributed by atoms with E-state index in [4.69, 9.17) is 0 Å². The summed E-state index contributed by atoms with van der Waals surface area (Å²) in [6.07, 6.45) is 7.41. The summed E-state index contributed by atoms with van der Waals surface area (Å²) in [5.74, 6) is 0. The molecule has 1 N–H and O–H groups in total. The van der Waals surface area contributed by atoms with Crippen LogP contribution in [0.15, 0.2) is 0 Å². The molecule has 0 bridgehead atoms. The van der Waals surface area contributed by atoms with Crippen molar-refractivity contribution in [1.82, 2.24) is 13.1 Å². The van der Waals surface area contributed by atoms with Crippen LogP contribution in [0.5, 0.6) is 0 Å². The van der Waals surface area contributed by atoms with Gasteiger partial charge in [-0.25, -0.2) is 0 Å². The van der Waals surface area contributed by atoms with Crippen LogP contribution in [-0.4, -0.2) is 69.6 Å². The van der Waals surface area contributed by atoms with E-state index in [9.17, 15) is 0 Å². The summed E-state index contributed by atoms with van der Waals surface area (Å²) in [4.78, 5) is 0. The van der Waals surface area contributed by atoms with Crippen LogP contribution in [0.25, 0.3) is 0 Å². The Hall–Kier alpha value is 0.964. The lowest BCUT2D eigenvalue weighted by atomic mass is 9.95. The number of hydrogen-bond acceptors (Lipinski definition) is 3. The molecule has 0 amide bonds. The Kier molecular flexibility index (Phi) is 7.73. The van der Waals surface area contributed by atoms with Crippen LogP contribution in [0.4, 0.5) is 0 Å². The first-order valence-electron chi connectivity index (χ1n) is 7.15. The third kappa shape index (κ3) is 5.22. The molecule has 1 atom stereocenters. The van der Waals surface area contributed by atoms with Crippen LogP contribution in [0.3, 0.4) is 0 Å². The van der Waals surface area contributed by atoms with Gasteiger partial charge in [0.15, 0.2) is 8.64 Å². The van der Waals surface area contributed by atoms with Crippen molar-refractivity contribution in [2.24, 2.45) is 0 Å². The van der Waals surface area contributed by atoms with E-state index in [-0.39, 0.29) is 9.20 Å². The predicted octanol–water partition coefficient (Wildman–Crippen LogP) is -3.44. The Labute approximate surface area is 120 Å². The third-order valence-electron chi connectivity index (χ3n) is 4.05. The van der Waals surface area contributed by atoms with E-state index in [2.05, 4.69) is 27.0 Å². The van der Waals surface area contributed by atoms with Gasteiger partial charge < -0.3 is 13.1 Å². The molecule has 1 rings (SSSR count). The Morgan fingerprint density at radius 3 is 2.24 bits per heavy atom. The molecule has 0 heterocycles. The molecular formula is C9H31N3Si5. The maximum atomic E-state index is 3.82. The molecule has 102 valence electrons. The Balaban J connectivity index is 2.58. The number of hydrogen-bond donors (Lipinski definition) is 1. The quantitative estimate of drug-likeness (QED) is 0.514. The van der Waals surface area contributed by atoms with Crippen molar-refractivity contribution in [2.75, 3.05) is 0 Å². The molecule has 0 spiro atoms. The zero-order valence-electron chi connectivity index (χ0n) is 12.4. The van der Waals surface area contributed by atoms with Crippen LogP contribution in [0.2, 0.25) is 0 Å². The molecule has 3 nitrogen and oxygen atoms in total. The van der Waals surface area contributed by atoms with E-state index in [0.29, 0.717) is 0 Å². The molecule has 8 heteroatoms. The van der Waals surface area contributed by atoms with Gasteiger partial charge in [0.25, 0.3) is 0 Å². The standard InChI is InChI=1S/C9H31N3Si5/c1-8(2)11(9-6-4-3-5-7-9)16-17(10-13)12(14)15/h8-10,17H,3-7,16H2,1-2,13-15H3. The minimum Gasteiger partial charge on any atom is -0.375 e. The molecule has 17 heavy (non-hydrogen) atoms. The van der Waals surface area contributed by atoms with Crippen LogP contribution in [0, 0.1) is 0 Å². The van der Waals surface area contributed by atoms with E-state index < -0.39 is 8.64 Å². The van der Waals surface area contributed by atoms with Crippen molar-refractivity contribution in [3.05, 3.63) is 0 Å². The zero-order chi connectivity index (χ0) is 12.8. The lowest BCUT2D eigenvalue weighted by Crippen LogP contribution is -2.60. The average Bonchev–Trinajstić information content (AvgIpc) is 2.30. The molecular weight excluding hydrogens is 291 g/mol. The van der Waals surface area contributed by atoms with Crippen molar-refractivity contribution < 1.29 is 0 Å². The van der Waals surface area contributed by atoms with Crippen molar-refractivity contribution in [3.8, 4) is 0 Å². The van der Waals surface area contributed by atoms with E-state index >= 15 is 0 Å². The molecule has 0 aromatic rings. The highest BCUT2D eigenvalue weighted by Gasteiger charge is 2.26. The molecule has 1 aliphatic carbocycles. The highest BCUT2D eigenvalue weighted by molar-refractivity contribution is 7.12. The van der Waals surface area contributed by atoms with E-state index in [0.717, 1.165) is 12.1 Å². The number of rotatable bonds is 6. The van der Waals surface area contributed by atoms with Gasteiger partial charge in [-0.3, -0.25) is 0 Å². The summed E-state index contributed by atoms with van der Waals surface area (Å²) < 4.78 is 9.57. The fourth-order valence-electron chi connectivity index (χ4n) is 2.91. The van der Waals surface area contributed by atoms with Gasteiger partial charge in [-0.15, -0.1) is 0 Å². The highest BCUT2D eigenvalue weighted by atomic mass is 29.2. The molecule has 0 aromatic carbocycles. The van der Waals surface area contributed by atoms with Crippen molar-refractivity contribution in [3.63, 3.8) is 0 Å². The first-order chi connectivity index (χ1) is 8.06. The van der Waals surface area contributed by atoms with E-state index in [1.54, 1.807) is 0 Å². The predicted molar refractivity (Wildman–Crippen MR) is 94.3 cm³/mol. The fraction of sp³-hybridized carbons (Fsp3) is 1.00. The van der Waals surface area contributed by atoms with Crippen LogP contribution in [0.1, 0.15) is 46.0 Å².